The average Bonchev–Trinajstić information content (AvgIpc) is 3.26. The number of benzene rings is 2. The van der Waals surface area contributed by atoms with Gasteiger partial charge in [0.1, 0.15) is 35.4 Å². The number of nitrogens with zero attached hydrogens (tertiary/aromatic N) is 2. The molecule has 2 heterocycles. The molecule has 388 valence electrons. The van der Waals surface area contributed by atoms with Gasteiger partial charge in [-0.05, 0) is 115 Å². The fourth-order valence-electron chi connectivity index (χ4n) is 9.44. The molecule has 0 radical (unpaired) electrons. The second kappa shape index (κ2) is 24.7. The molecule has 5 N–H and O–H groups in total. The molecule has 0 aromatic heterocycles. The van der Waals surface area contributed by atoms with Gasteiger partial charge in [0.25, 0.3) is 0 Å². The van der Waals surface area contributed by atoms with Crippen LogP contribution in [0.4, 0.5) is 9.59 Å². The minimum absolute atomic E-state index is 0.0569. The van der Waals surface area contributed by atoms with Gasteiger partial charge in [-0.25, -0.2) is 18.0 Å². The highest BCUT2D eigenvalue weighted by atomic mass is 32.2. The van der Waals surface area contributed by atoms with Crippen LogP contribution in [0.3, 0.4) is 0 Å². The van der Waals surface area contributed by atoms with Gasteiger partial charge in [0.05, 0.1) is 11.5 Å². The van der Waals surface area contributed by atoms with E-state index in [4.69, 9.17) is 9.47 Å². The van der Waals surface area contributed by atoms with Crippen LogP contribution in [-0.4, -0.2) is 140 Å². The van der Waals surface area contributed by atoms with E-state index in [-0.39, 0.29) is 54.4 Å². The van der Waals surface area contributed by atoms with Crippen LogP contribution in [-0.2, 0) is 51.3 Å². The van der Waals surface area contributed by atoms with Crippen LogP contribution >= 0.6 is 0 Å². The number of hydrogen-bond donors (Lipinski definition) is 5. The smallest absolute Gasteiger partial charge is 0.408 e. The van der Waals surface area contributed by atoms with Crippen LogP contribution in [0.15, 0.2) is 60.7 Å². The maximum Gasteiger partial charge on any atom is 0.408 e. The SMILES string of the molecule is CC(C)C[C@@H](NC(=O)[C@@H](Cc1ccccc1)NC(=O)[C@@H](Cc1ccccc1)NC(=O)OC(C)(C)C)C(=O)N[C@H](CCCCNC(=O)OC(C)(C)C)C(=O)N1CCC2(CC1)CC(N1CCS(=O)(=O)CC1)C2. The number of ether oxygens (including phenoxy) is 2. The summed E-state index contributed by atoms with van der Waals surface area (Å²) in [6.07, 6.45) is 3.93. The number of amides is 6. The van der Waals surface area contributed by atoms with Gasteiger partial charge in [-0.2, -0.15) is 0 Å². The topological polar surface area (TPSA) is 222 Å². The molecule has 1 aliphatic carbocycles. The van der Waals surface area contributed by atoms with E-state index in [1.807, 2.05) is 79.4 Å². The van der Waals surface area contributed by atoms with Crippen molar-refractivity contribution in [2.45, 2.75) is 161 Å². The van der Waals surface area contributed by atoms with Crippen molar-refractivity contribution in [3.8, 4) is 0 Å². The summed E-state index contributed by atoms with van der Waals surface area (Å²) in [6, 6.07) is 14.4. The van der Waals surface area contributed by atoms with E-state index in [9.17, 15) is 37.2 Å². The number of likely N-dealkylation sites (tertiary alicyclic amines) is 1. The number of carbonyl (C=O) groups excluding carboxylic acids is 6. The van der Waals surface area contributed by atoms with Gasteiger partial charge >= 0.3 is 12.2 Å². The Hall–Kier alpha value is -5.23. The summed E-state index contributed by atoms with van der Waals surface area (Å²) in [7, 11) is -2.97. The van der Waals surface area contributed by atoms with Gasteiger partial charge in [0.15, 0.2) is 9.84 Å². The van der Waals surface area contributed by atoms with Gasteiger partial charge in [-0.1, -0.05) is 74.5 Å². The second-order valence-corrected chi connectivity index (χ2v) is 24.2. The Morgan fingerprint density at radius 2 is 1.11 bits per heavy atom. The molecule has 1 saturated carbocycles. The van der Waals surface area contributed by atoms with E-state index >= 15 is 0 Å². The summed E-state index contributed by atoms with van der Waals surface area (Å²) in [5.41, 5.74) is 0.130. The highest BCUT2D eigenvalue weighted by molar-refractivity contribution is 7.91. The number of nitrogens with one attached hydrogen (secondary N) is 5. The molecule has 2 aromatic rings. The monoisotopic (exact) mass is 994 g/mol. The Labute approximate surface area is 415 Å². The highest BCUT2D eigenvalue weighted by Crippen LogP contribution is 2.51. The molecule has 6 amide bonds. The van der Waals surface area contributed by atoms with Crippen molar-refractivity contribution in [1.29, 1.82) is 0 Å². The lowest BCUT2D eigenvalue weighted by molar-refractivity contribution is -0.141. The Bertz CT molecular complexity index is 2170. The molecule has 3 aliphatic rings. The Morgan fingerprint density at radius 1 is 0.643 bits per heavy atom. The van der Waals surface area contributed by atoms with Gasteiger partial charge in [-0.15, -0.1) is 0 Å². The molecule has 17 nitrogen and oxygen atoms in total. The number of hydrogen-bond acceptors (Lipinski definition) is 11. The third-order valence-corrected chi connectivity index (χ3v) is 14.7. The van der Waals surface area contributed by atoms with Gasteiger partial charge < -0.3 is 41.0 Å². The number of piperidine rings is 1. The van der Waals surface area contributed by atoms with Crippen molar-refractivity contribution < 1.29 is 46.7 Å². The van der Waals surface area contributed by atoms with Crippen LogP contribution in [0.1, 0.15) is 118 Å². The lowest BCUT2D eigenvalue weighted by atomic mass is 9.60. The third kappa shape index (κ3) is 18.2. The Balaban J connectivity index is 1.30. The predicted molar refractivity (Wildman–Crippen MR) is 268 cm³/mol. The lowest BCUT2D eigenvalue weighted by Crippen LogP contribution is -2.60. The summed E-state index contributed by atoms with van der Waals surface area (Å²) in [6.45, 7) is 16.8. The van der Waals surface area contributed by atoms with E-state index in [0.717, 1.165) is 36.8 Å². The molecule has 1 spiro atoms. The predicted octanol–water partition coefficient (Wildman–Crippen LogP) is 5.06. The normalized spacial score (nSPS) is 18.8. The maximum atomic E-state index is 14.5. The summed E-state index contributed by atoms with van der Waals surface area (Å²) >= 11 is 0. The van der Waals surface area contributed by atoms with Crippen LogP contribution in [0, 0.1) is 11.3 Å². The van der Waals surface area contributed by atoms with Crippen LogP contribution < -0.4 is 26.6 Å². The molecule has 2 aromatic carbocycles. The molecule has 18 heteroatoms. The van der Waals surface area contributed by atoms with Crippen molar-refractivity contribution in [2.24, 2.45) is 11.3 Å². The standard InChI is InChI=1S/C52H79N7O10S/c1-36(2)31-41(55-45(61)42(32-37-17-11-9-12-18-37)56-46(62)43(33-38-19-13-10-14-20-38)57-49(65)69-51(6,7)8)44(60)54-40(21-15-16-24-53-48(64)68-50(3,4)5)47(63)59-25-22-52(23-26-59)34-39(35-52)58-27-29-70(66,67)30-28-58/h9-14,17-20,36,39-43H,15-16,21-35H2,1-8H3,(H,53,64)(H,54,60)(H,55,61)(H,56,62)(H,57,65)/t40-,41-,42-,43-/m1/s1. The van der Waals surface area contributed by atoms with Crippen LogP contribution in [0.2, 0.25) is 0 Å². The number of alkyl carbamates (subject to hydrolysis) is 2. The van der Waals surface area contributed by atoms with Gasteiger partial charge in [-0.3, -0.25) is 24.1 Å². The maximum absolute atomic E-state index is 14.5. The molecule has 70 heavy (non-hydrogen) atoms. The number of carbonyl (C=O) groups is 6. The van der Waals surface area contributed by atoms with E-state index in [2.05, 4.69) is 31.5 Å². The van der Waals surface area contributed by atoms with Gasteiger partial charge in [0.2, 0.25) is 23.6 Å². The Morgan fingerprint density at radius 3 is 1.63 bits per heavy atom. The first-order chi connectivity index (χ1) is 32.9. The molecule has 3 fully saturated rings. The largest absolute Gasteiger partial charge is 0.444 e. The zero-order valence-electron chi connectivity index (χ0n) is 42.6. The minimum atomic E-state index is -2.97. The molecule has 4 atom stereocenters. The number of sulfone groups is 1. The highest BCUT2D eigenvalue weighted by Gasteiger charge is 2.49. The Kier molecular flexibility index (Phi) is 19.7. The van der Waals surface area contributed by atoms with E-state index < -0.39 is 75.1 Å². The second-order valence-electron chi connectivity index (χ2n) is 21.9. The summed E-state index contributed by atoms with van der Waals surface area (Å²) in [4.78, 5) is 87.2. The molecular formula is C52H79N7O10S. The van der Waals surface area contributed by atoms with Crippen molar-refractivity contribution >= 4 is 45.7 Å². The first-order valence-corrected chi connectivity index (χ1v) is 26.9. The molecule has 0 unspecified atom stereocenters. The lowest BCUT2D eigenvalue weighted by Gasteiger charge is -2.56. The summed E-state index contributed by atoms with van der Waals surface area (Å²) in [5.74, 6) is -1.66. The zero-order valence-corrected chi connectivity index (χ0v) is 43.5. The van der Waals surface area contributed by atoms with Gasteiger partial charge in [0, 0.05) is 51.6 Å². The van der Waals surface area contributed by atoms with E-state index in [1.54, 1.807) is 41.5 Å². The van der Waals surface area contributed by atoms with Crippen molar-refractivity contribution in [1.82, 2.24) is 36.4 Å². The first-order valence-electron chi connectivity index (χ1n) is 25.1. The van der Waals surface area contributed by atoms with E-state index in [0.29, 0.717) is 51.6 Å². The zero-order chi connectivity index (χ0) is 51.3. The average molecular weight is 994 g/mol. The number of unbranched alkanes of at least 4 members (excludes halogenated alkanes) is 1. The summed E-state index contributed by atoms with van der Waals surface area (Å²) in [5, 5.41) is 14.3. The summed E-state index contributed by atoms with van der Waals surface area (Å²) < 4.78 is 34.9. The van der Waals surface area contributed by atoms with Crippen molar-refractivity contribution in [3.05, 3.63) is 71.8 Å². The molecular weight excluding hydrogens is 915 g/mol. The molecule has 2 saturated heterocycles. The number of rotatable bonds is 20. The van der Waals surface area contributed by atoms with E-state index in [1.165, 1.54) is 0 Å². The van der Waals surface area contributed by atoms with Crippen molar-refractivity contribution in [2.75, 3.05) is 44.2 Å². The first kappa shape index (κ1) is 55.7. The van der Waals surface area contributed by atoms with Crippen LogP contribution in [0.5, 0.6) is 0 Å². The van der Waals surface area contributed by atoms with Crippen molar-refractivity contribution in [3.63, 3.8) is 0 Å². The molecule has 5 rings (SSSR count). The third-order valence-electron chi connectivity index (χ3n) is 13.1. The fourth-order valence-corrected chi connectivity index (χ4v) is 10.7. The fraction of sp³-hybridized carbons (Fsp3) is 0.654. The minimum Gasteiger partial charge on any atom is -0.444 e. The molecule has 0 bridgehead atoms. The van der Waals surface area contributed by atoms with Crippen LogP contribution in [0.25, 0.3) is 0 Å². The molecule has 2 aliphatic heterocycles. The quantitative estimate of drug-likeness (QED) is 0.110.